The second-order valence-electron chi connectivity index (χ2n) is 3.19. The van der Waals surface area contributed by atoms with Crippen LogP contribution in [0.1, 0.15) is 13.3 Å². The van der Waals surface area contributed by atoms with Crippen LogP contribution in [-0.2, 0) is 14.3 Å². The van der Waals surface area contributed by atoms with Gasteiger partial charge in [0, 0.05) is 26.1 Å². The highest BCUT2D eigenvalue weighted by Gasteiger charge is 2.27. The predicted octanol–water partition coefficient (Wildman–Crippen LogP) is -0.725. The van der Waals surface area contributed by atoms with Crippen LogP contribution in [0.2, 0.25) is 0 Å². The van der Waals surface area contributed by atoms with Crippen molar-refractivity contribution < 1.29 is 14.3 Å². The quantitative estimate of drug-likeness (QED) is 0.575. The van der Waals surface area contributed by atoms with Gasteiger partial charge in [0.1, 0.15) is 0 Å². The smallest absolute Gasteiger partial charge is 0.225 e. The fourth-order valence-electron chi connectivity index (χ4n) is 1.33. The molecule has 14 heavy (non-hydrogen) atoms. The van der Waals surface area contributed by atoms with Crippen LogP contribution in [0.5, 0.6) is 0 Å². The van der Waals surface area contributed by atoms with Gasteiger partial charge in [-0.3, -0.25) is 9.59 Å². The molecule has 0 aliphatic carbocycles. The van der Waals surface area contributed by atoms with Gasteiger partial charge in [-0.15, -0.1) is 0 Å². The van der Waals surface area contributed by atoms with Gasteiger partial charge in [-0.2, -0.15) is 0 Å². The van der Waals surface area contributed by atoms with Crippen LogP contribution in [0.4, 0.5) is 0 Å². The number of rotatable bonds is 5. The van der Waals surface area contributed by atoms with Crippen LogP contribution in [0.3, 0.4) is 0 Å². The van der Waals surface area contributed by atoms with E-state index in [0.717, 1.165) is 0 Å². The van der Waals surface area contributed by atoms with Crippen LogP contribution >= 0.6 is 0 Å². The zero-order valence-corrected chi connectivity index (χ0v) is 8.34. The van der Waals surface area contributed by atoms with E-state index in [2.05, 4.69) is 10.6 Å². The summed E-state index contributed by atoms with van der Waals surface area (Å²) in [6, 6.07) is 0. The van der Waals surface area contributed by atoms with Gasteiger partial charge >= 0.3 is 0 Å². The lowest BCUT2D eigenvalue weighted by Crippen LogP contribution is -2.34. The lowest BCUT2D eigenvalue weighted by Gasteiger charge is -2.08. The zero-order valence-electron chi connectivity index (χ0n) is 8.34. The largest absolute Gasteiger partial charge is 0.380 e. The number of carbonyl (C=O) groups excluding carboxylic acids is 2. The van der Waals surface area contributed by atoms with Crippen molar-refractivity contribution in [2.45, 2.75) is 13.3 Å². The summed E-state index contributed by atoms with van der Waals surface area (Å²) in [4.78, 5) is 22.2. The molecule has 1 heterocycles. The molecule has 80 valence electrons. The van der Waals surface area contributed by atoms with Crippen molar-refractivity contribution in [3.63, 3.8) is 0 Å². The summed E-state index contributed by atoms with van der Waals surface area (Å²) in [5.41, 5.74) is 0. The van der Waals surface area contributed by atoms with Gasteiger partial charge in [-0.1, -0.05) is 0 Å². The maximum Gasteiger partial charge on any atom is 0.225 e. The van der Waals surface area contributed by atoms with E-state index >= 15 is 0 Å². The van der Waals surface area contributed by atoms with Crippen molar-refractivity contribution in [3.8, 4) is 0 Å². The minimum Gasteiger partial charge on any atom is -0.380 e. The van der Waals surface area contributed by atoms with Gasteiger partial charge in [-0.25, -0.2) is 0 Å². The standard InChI is InChI=1S/C9H16N2O3/c1-2-14-4-3-10-9(13)7-5-8(12)11-6-7/h7H,2-6H2,1H3,(H,10,13)(H,11,12). The highest BCUT2D eigenvalue weighted by molar-refractivity contribution is 5.89. The molecular formula is C9H16N2O3. The second kappa shape index (κ2) is 5.59. The van der Waals surface area contributed by atoms with Gasteiger partial charge in [0.25, 0.3) is 0 Å². The first-order valence-corrected chi connectivity index (χ1v) is 4.86. The van der Waals surface area contributed by atoms with Crippen molar-refractivity contribution in [3.05, 3.63) is 0 Å². The van der Waals surface area contributed by atoms with Gasteiger partial charge in [0.15, 0.2) is 0 Å². The van der Waals surface area contributed by atoms with Gasteiger partial charge in [-0.05, 0) is 6.92 Å². The molecule has 1 aliphatic rings. The highest BCUT2D eigenvalue weighted by Crippen LogP contribution is 2.07. The lowest BCUT2D eigenvalue weighted by atomic mass is 10.1. The molecule has 5 heteroatoms. The molecule has 1 aliphatic heterocycles. The second-order valence-corrected chi connectivity index (χ2v) is 3.19. The highest BCUT2D eigenvalue weighted by atomic mass is 16.5. The molecule has 0 spiro atoms. The molecule has 0 saturated carbocycles. The van der Waals surface area contributed by atoms with E-state index in [-0.39, 0.29) is 17.7 Å². The molecule has 0 bridgehead atoms. The summed E-state index contributed by atoms with van der Waals surface area (Å²) in [5.74, 6) is -0.317. The summed E-state index contributed by atoms with van der Waals surface area (Å²) < 4.78 is 5.07. The van der Waals surface area contributed by atoms with E-state index in [1.807, 2.05) is 6.92 Å². The third kappa shape index (κ3) is 3.33. The number of nitrogens with one attached hydrogen (secondary N) is 2. The molecule has 1 unspecified atom stereocenters. The molecule has 2 amide bonds. The van der Waals surface area contributed by atoms with Crippen LogP contribution in [0.15, 0.2) is 0 Å². The summed E-state index contributed by atoms with van der Waals surface area (Å²) >= 11 is 0. The summed E-state index contributed by atoms with van der Waals surface area (Å²) in [7, 11) is 0. The number of ether oxygens (including phenoxy) is 1. The van der Waals surface area contributed by atoms with Gasteiger partial charge in [0.05, 0.1) is 12.5 Å². The third-order valence-electron chi connectivity index (χ3n) is 2.10. The molecule has 5 nitrogen and oxygen atoms in total. The normalized spacial score (nSPS) is 20.6. The van der Waals surface area contributed by atoms with Crippen molar-refractivity contribution in [2.24, 2.45) is 5.92 Å². The van der Waals surface area contributed by atoms with Crippen molar-refractivity contribution in [1.82, 2.24) is 10.6 Å². The average Bonchev–Trinajstić information content (AvgIpc) is 2.59. The Labute approximate surface area is 83.2 Å². The summed E-state index contributed by atoms with van der Waals surface area (Å²) in [6.45, 7) is 4.05. The molecule has 0 aromatic heterocycles. The predicted molar refractivity (Wildman–Crippen MR) is 50.6 cm³/mol. The maximum absolute atomic E-state index is 11.4. The van der Waals surface area contributed by atoms with E-state index in [1.54, 1.807) is 0 Å². The third-order valence-corrected chi connectivity index (χ3v) is 2.10. The SMILES string of the molecule is CCOCCNC(=O)C1CNC(=O)C1. The monoisotopic (exact) mass is 200 g/mol. The maximum atomic E-state index is 11.4. The average molecular weight is 200 g/mol. The Morgan fingerprint density at radius 1 is 1.71 bits per heavy atom. The van der Waals surface area contributed by atoms with E-state index in [1.165, 1.54) is 0 Å². The molecule has 2 N–H and O–H groups in total. The molecule has 0 radical (unpaired) electrons. The Morgan fingerprint density at radius 2 is 2.50 bits per heavy atom. The lowest BCUT2D eigenvalue weighted by molar-refractivity contribution is -0.126. The molecule has 1 atom stereocenters. The first-order chi connectivity index (χ1) is 6.74. The van der Waals surface area contributed by atoms with Crippen molar-refractivity contribution >= 4 is 11.8 Å². The first kappa shape index (κ1) is 11.0. The minimum absolute atomic E-state index is 0.0463. The van der Waals surface area contributed by atoms with Gasteiger partial charge < -0.3 is 15.4 Å². The summed E-state index contributed by atoms with van der Waals surface area (Å²) in [6.07, 6.45) is 0.306. The Morgan fingerprint density at radius 3 is 3.07 bits per heavy atom. The van der Waals surface area contributed by atoms with Crippen LogP contribution in [0.25, 0.3) is 0 Å². The fourth-order valence-corrected chi connectivity index (χ4v) is 1.33. The Kier molecular flexibility index (Phi) is 4.39. The number of hydrogen-bond acceptors (Lipinski definition) is 3. The Balaban J connectivity index is 2.12. The molecular weight excluding hydrogens is 184 g/mol. The molecule has 1 fully saturated rings. The van der Waals surface area contributed by atoms with E-state index < -0.39 is 0 Å². The van der Waals surface area contributed by atoms with Crippen molar-refractivity contribution in [2.75, 3.05) is 26.3 Å². The molecule has 0 aromatic carbocycles. The van der Waals surface area contributed by atoms with Crippen molar-refractivity contribution in [1.29, 1.82) is 0 Å². The van der Waals surface area contributed by atoms with Gasteiger partial charge in [0.2, 0.25) is 11.8 Å². The molecule has 1 saturated heterocycles. The van der Waals surface area contributed by atoms with Crippen LogP contribution < -0.4 is 10.6 Å². The number of hydrogen-bond donors (Lipinski definition) is 2. The summed E-state index contributed by atoms with van der Waals surface area (Å²) in [5, 5.41) is 5.34. The zero-order chi connectivity index (χ0) is 10.4. The minimum atomic E-state index is -0.205. The number of carbonyl (C=O) groups is 2. The Hall–Kier alpha value is -1.10. The number of amides is 2. The van der Waals surface area contributed by atoms with E-state index in [4.69, 9.17) is 4.74 Å². The van der Waals surface area contributed by atoms with Crippen LogP contribution in [0, 0.1) is 5.92 Å². The fraction of sp³-hybridized carbons (Fsp3) is 0.778. The topological polar surface area (TPSA) is 67.4 Å². The first-order valence-electron chi connectivity index (χ1n) is 4.86. The Bertz CT molecular complexity index is 218. The van der Waals surface area contributed by atoms with E-state index in [0.29, 0.717) is 32.7 Å². The van der Waals surface area contributed by atoms with Crippen LogP contribution in [-0.4, -0.2) is 38.1 Å². The molecule has 0 aromatic rings. The molecule has 1 rings (SSSR count). The van der Waals surface area contributed by atoms with E-state index in [9.17, 15) is 9.59 Å².